The molecule has 0 saturated carbocycles. The number of aryl methyl sites for hydroxylation is 1. The average molecular weight is 329 g/mol. The van der Waals surface area contributed by atoms with Crippen molar-refractivity contribution in [2.45, 2.75) is 19.6 Å². The van der Waals surface area contributed by atoms with Gasteiger partial charge >= 0.3 is 12.1 Å². The Morgan fingerprint density at radius 2 is 1.88 bits per heavy atom. The van der Waals surface area contributed by atoms with Crippen molar-refractivity contribution in [3.8, 4) is 5.75 Å². The number of benzene rings is 2. The van der Waals surface area contributed by atoms with Gasteiger partial charge in [-0.1, -0.05) is 36.4 Å². The zero-order valence-corrected chi connectivity index (χ0v) is 13.5. The van der Waals surface area contributed by atoms with Gasteiger partial charge in [0.25, 0.3) is 0 Å². The van der Waals surface area contributed by atoms with Crippen molar-refractivity contribution in [3.63, 3.8) is 0 Å². The van der Waals surface area contributed by atoms with E-state index in [1.165, 1.54) is 7.11 Å². The van der Waals surface area contributed by atoms with E-state index < -0.39 is 18.1 Å². The largest absolute Gasteiger partial charge is 0.496 e. The number of methoxy groups -OCH3 is 1. The number of hydrogen-bond donors (Lipinski definition) is 2. The minimum absolute atomic E-state index is 0.0701. The zero-order chi connectivity index (χ0) is 17.5. The van der Waals surface area contributed by atoms with Gasteiger partial charge in [0.05, 0.1) is 7.11 Å². The Kier molecular flexibility index (Phi) is 5.78. The van der Waals surface area contributed by atoms with Gasteiger partial charge in [-0.25, -0.2) is 9.59 Å². The van der Waals surface area contributed by atoms with Crippen LogP contribution >= 0.6 is 0 Å². The fourth-order valence-electron chi connectivity index (χ4n) is 2.25. The van der Waals surface area contributed by atoms with Crippen molar-refractivity contribution in [2.75, 3.05) is 7.11 Å². The topological polar surface area (TPSA) is 84.9 Å². The minimum Gasteiger partial charge on any atom is -0.496 e. The highest BCUT2D eigenvalue weighted by Gasteiger charge is 2.23. The van der Waals surface area contributed by atoms with Gasteiger partial charge in [0.15, 0.2) is 6.04 Å². The summed E-state index contributed by atoms with van der Waals surface area (Å²) >= 11 is 0. The van der Waals surface area contributed by atoms with E-state index in [1.54, 1.807) is 25.1 Å². The van der Waals surface area contributed by atoms with Gasteiger partial charge in [0, 0.05) is 0 Å². The van der Waals surface area contributed by atoms with Crippen LogP contribution in [-0.2, 0) is 16.1 Å². The molecule has 0 aliphatic heterocycles. The third kappa shape index (κ3) is 4.49. The van der Waals surface area contributed by atoms with Gasteiger partial charge in [-0.05, 0) is 35.7 Å². The normalized spacial score (nSPS) is 11.4. The highest BCUT2D eigenvalue weighted by molar-refractivity contribution is 5.81. The highest BCUT2D eigenvalue weighted by atomic mass is 16.5. The fourth-order valence-corrected chi connectivity index (χ4v) is 2.25. The average Bonchev–Trinajstić information content (AvgIpc) is 2.58. The molecule has 0 bridgehead atoms. The second-order valence-electron chi connectivity index (χ2n) is 5.21. The summed E-state index contributed by atoms with van der Waals surface area (Å²) in [6.07, 6.45) is -0.792. The second-order valence-corrected chi connectivity index (χ2v) is 5.21. The van der Waals surface area contributed by atoms with Gasteiger partial charge in [0.2, 0.25) is 0 Å². The van der Waals surface area contributed by atoms with Gasteiger partial charge < -0.3 is 19.9 Å². The van der Waals surface area contributed by atoms with Crippen LogP contribution < -0.4 is 10.1 Å². The molecule has 6 heteroatoms. The molecular formula is C18H19NO5. The molecular weight excluding hydrogens is 310 g/mol. The molecule has 2 rings (SSSR count). The molecule has 2 aromatic carbocycles. The van der Waals surface area contributed by atoms with Crippen LogP contribution in [0.5, 0.6) is 5.75 Å². The Hall–Kier alpha value is -3.02. The van der Waals surface area contributed by atoms with Gasteiger partial charge in [-0.15, -0.1) is 0 Å². The van der Waals surface area contributed by atoms with Crippen LogP contribution in [0, 0.1) is 6.92 Å². The number of carbonyl (C=O) groups excluding carboxylic acids is 1. The number of aliphatic carboxylic acids is 1. The van der Waals surface area contributed by atoms with Crippen LogP contribution in [0.15, 0.2) is 48.5 Å². The third-order valence-electron chi connectivity index (χ3n) is 3.47. The molecule has 126 valence electrons. The van der Waals surface area contributed by atoms with Crippen LogP contribution in [0.4, 0.5) is 4.79 Å². The molecule has 2 aromatic rings. The number of ether oxygens (including phenoxy) is 2. The molecule has 0 heterocycles. The van der Waals surface area contributed by atoms with Crippen LogP contribution in [0.3, 0.4) is 0 Å². The SMILES string of the molecule is COc1ccc(C(NC(=O)OCc2ccccc2)C(=O)O)cc1C. The second kappa shape index (κ2) is 8.01. The smallest absolute Gasteiger partial charge is 0.408 e. The molecule has 6 nitrogen and oxygen atoms in total. The van der Waals surface area contributed by atoms with Crippen molar-refractivity contribution in [3.05, 3.63) is 65.2 Å². The van der Waals surface area contributed by atoms with Crippen LogP contribution in [0.25, 0.3) is 0 Å². The fraction of sp³-hybridized carbons (Fsp3) is 0.222. The van der Waals surface area contributed by atoms with Gasteiger partial charge in [0.1, 0.15) is 12.4 Å². The van der Waals surface area contributed by atoms with Crippen LogP contribution in [0.1, 0.15) is 22.7 Å². The van der Waals surface area contributed by atoms with E-state index in [-0.39, 0.29) is 6.61 Å². The van der Waals surface area contributed by atoms with Crippen molar-refractivity contribution in [1.82, 2.24) is 5.32 Å². The first kappa shape index (κ1) is 17.3. The molecule has 0 spiro atoms. The van der Waals surface area contributed by atoms with E-state index in [9.17, 15) is 14.7 Å². The molecule has 0 aliphatic rings. The summed E-state index contributed by atoms with van der Waals surface area (Å²) in [4.78, 5) is 23.4. The summed E-state index contributed by atoms with van der Waals surface area (Å²) in [5.41, 5.74) is 2.04. The summed E-state index contributed by atoms with van der Waals surface area (Å²) in [7, 11) is 1.54. The van der Waals surface area contributed by atoms with Crippen molar-refractivity contribution >= 4 is 12.1 Å². The lowest BCUT2D eigenvalue weighted by Gasteiger charge is -2.16. The molecule has 1 unspecified atom stereocenters. The molecule has 0 aliphatic carbocycles. The Balaban J connectivity index is 2.04. The molecule has 1 atom stereocenters. The maximum Gasteiger partial charge on any atom is 0.408 e. The first-order chi connectivity index (χ1) is 11.5. The highest BCUT2D eigenvalue weighted by Crippen LogP contribution is 2.23. The first-order valence-electron chi connectivity index (χ1n) is 7.36. The zero-order valence-electron chi connectivity index (χ0n) is 13.5. The number of amides is 1. The summed E-state index contributed by atoms with van der Waals surface area (Å²) in [5, 5.41) is 11.7. The predicted octanol–water partition coefficient (Wildman–Crippen LogP) is 3.06. The van der Waals surface area contributed by atoms with E-state index >= 15 is 0 Å². The summed E-state index contributed by atoms with van der Waals surface area (Å²) in [6, 6.07) is 12.9. The standard InChI is InChI=1S/C18H19NO5/c1-12-10-14(8-9-15(12)23-2)16(17(20)21)19-18(22)24-11-13-6-4-3-5-7-13/h3-10,16H,11H2,1-2H3,(H,19,22)(H,20,21). The maximum atomic E-state index is 11.9. The summed E-state index contributed by atoms with van der Waals surface area (Å²) in [6.45, 7) is 1.87. The third-order valence-corrected chi connectivity index (χ3v) is 3.47. The van der Waals surface area contributed by atoms with Gasteiger partial charge in [-0.3, -0.25) is 0 Å². The van der Waals surface area contributed by atoms with E-state index in [1.807, 2.05) is 30.3 Å². The number of nitrogens with one attached hydrogen (secondary N) is 1. The number of carbonyl (C=O) groups is 2. The number of alkyl carbamates (subject to hydrolysis) is 1. The summed E-state index contributed by atoms with van der Waals surface area (Å²) < 4.78 is 10.2. The lowest BCUT2D eigenvalue weighted by molar-refractivity contribution is -0.139. The molecule has 2 N–H and O–H groups in total. The molecule has 0 saturated heterocycles. The van der Waals surface area contributed by atoms with Crippen molar-refractivity contribution in [2.24, 2.45) is 0 Å². The number of carboxylic acid groups (broad SMARTS) is 1. The maximum absolute atomic E-state index is 11.9. The van der Waals surface area contributed by atoms with Crippen LogP contribution in [0.2, 0.25) is 0 Å². The minimum atomic E-state index is -1.20. The van der Waals surface area contributed by atoms with E-state index in [4.69, 9.17) is 9.47 Å². The number of carboxylic acids is 1. The lowest BCUT2D eigenvalue weighted by atomic mass is 10.0. The van der Waals surface area contributed by atoms with Crippen LogP contribution in [-0.4, -0.2) is 24.3 Å². The van der Waals surface area contributed by atoms with E-state index in [0.29, 0.717) is 11.3 Å². The number of rotatable bonds is 6. The molecule has 0 fully saturated rings. The lowest BCUT2D eigenvalue weighted by Crippen LogP contribution is -2.34. The Morgan fingerprint density at radius 3 is 2.46 bits per heavy atom. The first-order valence-corrected chi connectivity index (χ1v) is 7.36. The summed E-state index contributed by atoms with van der Waals surface area (Å²) in [5.74, 6) is -0.522. The molecule has 24 heavy (non-hydrogen) atoms. The van der Waals surface area contributed by atoms with E-state index in [2.05, 4.69) is 5.32 Å². The van der Waals surface area contributed by atoms with Gasteiger partial charge in [-0.2, -0.15) is 0 Å². The molecule has 0 radical (unpaired) electrons. The molecule has 1 amide bonds. The van der Waals surface area contributed by atoms with E-state index in [0.717, 1.165) is 11.1 Å². The Morgan fingerprint density at radius 1 is 1.17 bits per heavy atom. The monoisotopic (exact) mass is 329 g/mol. The predicted molar refractivity (Wildman–Crippen MR) is 87.9 cm³/mol. The number of hydrogen-bond acceptors (Lipinski definition) is 4. The quantitative estimate of drug-likeness (QED) is 0.851. The molecule has 0 aromatic heterocycles. The van der Waals surface area contributed by atoms with Crippen molar-refractivity contribution < 1.29 is 24.2 Å². The van der Waals surface area contributed by atoms with Crippen molar-refractivity contribution in [1.29, 1.82) is 0 Å². The Labute approximate surface area is 140 Å². The Bertz CT molecular complexity index is 715.